The van der Waals surface area contributed by atoms with E-state index in [0.29, 0.717) is 0 Å². The van der Waals surface area contributed by atoms with E-state index in [9.17, 15) is 9.59 Å². The molecule has 0 aromatic rings. The third-order valence-electron chi connectivity index (χ3n) is 1.31. The SMILES string of the molecule is CNC(=O)CCC(=O)NC(C)C. The molecule has 0 atom stereocenters. The Labute approximate surface area is 72.7 Å². The standard InChI is InChI=1S/C8H16N2O2/c1-6(2)10-8(12)5-4-7(11)9-3/h6H,4-5H2,1-3H3,(H,9,11)(H,10,12). The summed E-state index contributed by atoms with van der Waals surface area (Å²) in [7, 11) is 1.56. The Morgan fingerprint density at radius 3 is 2.08 bits per heavy atom. The maximum atomic E-state index is 11.0. The topological polar surface area (TPSA) is 58.2 Å². The molecule has 0 aromatic carbocycles. The number of amides is 2. The van der Waals surface area contributed by atoms with Crippen molar-refractivity contribution in [2.24, 2.45) is 0 Å². The first-order valence-electron chi connectivity index (χ1n) is 4.06. The first kappa shape index (κ1) is 10.9. The summed E-state index contributed by atoms with van der Waals surface area (Å²) in [4.78, 5) is 21.7. The Balaban J connectivity index is 3.51. The van der Waals surface area contributed by atoms with Crippen LogP contribution in [0.1, 0.15) is 26.7 Å². The first-order valence-corrected chi connectivity index (χ1v) is 4.06. The summed E-state index contributed by atoms with van der Waals surface area (Å²) in [6.45, 7) is 3.77. The summed E-state index contributed by atoms with van der Waals surface area (Å²) < 4.78 is 0. The van der Waals surface area contributed by atoms with Gasteiger partial charge in [0.2, 0.25) is 11.8 Å². The molecule has 12 heavy (non-hydrogen) atoms. The lowest BCUT2D eigenvalue weighted by Gasteiger charge is -2.07. The molecule has 0 aliphatic rings. The van der Waals surface area contributed by atoms with Crippen LogP contribution < -0.4 is 10.6 Å². The van der Waals surface area contributed by atoms with Crippen LogP contribution in [0.2, 0.25) is 0 Å². The summed E-state index contributed by atoms with van der Waals surface area (Å²) in [6, 6.07) is 0.141. The molecule has 2 amide bonds. The molecule has 0 unspecified atom stereocenters. The van der Waals surface area contributed by atoms with Gasteiger partial charge in [-0.2, -0.15) is 0 Å². The van der Waals surface area contributed by atoms with E-state index in [1.54, 1.807) is 7.05 Å². The van der Waals surface area contributed by atoms with Crippen molar-refractivity contribution in [1.29, 1.82) is 0 Å². The molecule has 4 nitrogen and oxygen atoms in total. The quantitative estimate of drug-likeness (QED) is 0.629. The van der Waals surface area contributed by atoms with Gasteiger partial charge >= 0.3 is 0 Å². The van der Waals surface area contributed by atoms with Gasteiger partial charge in [-0.05, 0) is 13.8 Å². The van der Waals surface area contributed by atoms with Crippen LogP contribution in [0.5, 0.6) is 0 Å². The molecule has 0 radical (unpaired) electrons. The van der Waals surface area contributed by atoms with E-state index in [-0.39, 0.29) is 30.7 Å². The minimum absolute atomic E-state index is 0.0754. The van der Waals surface area contributed by atoms with Gasteiger partial charge in [-0.25, -0.2) is 0 Å². The van der Waals surface area contributed by atoms with Gasteiger partial charge in [0.15, 0.2) is 0 Å². The van der Waals surface area contributed by atoms with E-state index < -0.39 is 0 Å². The van der Waals surface area contributed by atoms with Crippen LogP contribution in [0, 0.1) is 0 Å². The smallest absolute Gasteiger partial charge is 0.220 e. The molecule has 4 heteroatoms. The van der Waals surface area contributed by atoms with Gasteiger partial charge in [-0.1, -0.05) is 0 Å². The second kappa shape index (κ2) is 5.57. The molecule has 0 aliphatic carbocycles. The van der Waals surface area contributed by atoms with Crippen molar-refractivity contribution in [2.75, 3.05) is 7.05 Å². The minimum Gasteiger partial charge on any atom is -0.359 e. The van der Waals surface area contributed by atoms with Crippen LogP contribution in [-0.2, 0) is 9.59 Å². The van der Waals surface area contributed by atoms with E-state index in [4.69, 9.17) is 0 Å². The van der Waals surface area contributed by atoms with E-state index >= 15 is 0 Å². The highest BCUT2D eigenvalue weighted by molar-refractivity contribution is 5.83. The summed E-state index contributed by atoms with van der Waals surface area (Å²) in [5.74, 6) is -0.178. The summed E-state index contributed by atoms with van der Waals surface area (Å²) in [5.41, 5.74) is 0. The fourth-order valence-corrected chi connectivity index (χ4v) is 0.746. The van der Waals surface area contributed by atoms with Crippen molar-refractivity contribution in [3.63, 3.8) is 0 Å². The third-order valence-corrected chi connectivity index (χ3v) is 1.31. The molecule has 0 rings (SSSR count). The third kappa shape index (κ3) is 5.70. The fraction of sp³-hybridized carbons (Fsp3) is 0.750. The van der Waals surface area contributed by atoms with Gasteiger partial charge in [-0.15, -0.1) is 0 Å². The number of rotatable bonds is 4. The predicted molar refractivity (Wildman–Crippen MR) is 46.6 cm³/mol. The van der Waals surface area contributed by atoms with Gasteiger partial charge in [0, 0.05) is 25.9 Å². The second-order valence-corrected chi connectivity index (χ2v) is 2.90. The van der Waals surface area contributed by atoms with Crippen molar-refractivity contribution in [2.45, 2.75) is 32.7 Å². The minimum atomic E-state index is -0.103. The van der Waals surface area contributed by atoms with Gasteiger partial charge in [0.25, 0.3) is 0 Å². The molecule has 0 spiro atoms. The maximum Gasteiger partial charge on any atom is 0.220 e. The molecule has 70 valence electrons. The summed E-state index contributed by atoms with van der Waals surface area (Å²) >= 11 is 0. The molecule has 0 fully saturated rings. The van der Waals surface area contributed by atoms with Crippen LogP contribution in [0.4, 0.5) is 0 Å². The Bertz CT molecular complexity index is 166. The number of carbonyl (C=O) groups is 2. The normalized spacial score (nSPS) is 9.67. The van der Waals surface area contributed by atoms with Crippen molar-refractivity contribution >= 4 is 11.8 Å². The lowest BCUT2D eigenvalue weighted by molar-refractivity contribution is -0.126. The van der Waals surface area contributed by atoms with E-state index in [2.05, 4.69) is 10.6 Å². The van der Waals surface area contributed by atoms with Crippen LogP contribution in [0.15, 0.2) is 0 Å². The average Bonchev–Trinajstić information content (AvgIpc) is 1.99. The molecule has 0 heterocycles. The molecule has 2 N–H and O–H groups in total. The van der Waals surface area contributed by atoms with Gasteiger partial charge in [-0.3, -0.25) is 9.59 Å². The van der Waals surface area contributed by atoms with Crippen LogP contribution in [0.3, 0.4) is 0 Å². The number of hydrogen-bond donors (Lipinski definition) is 2. The van der Waals surface area contributed by atoms with Crippen molar-refractivity contribution in [3.05, 3.63) is 0 Å². The highest BCUT2D eigenvalue weighted by Gasteiger charge is 2.05. The zero-order chi connectivity index (χ0) is 9.56. The average molecular weight is 172 g/mol. The first-order chi connectivity index (χ1) is 5.56. The Morgan fingerprint density at radius 1 is 1.17 bits per heavy atom. The van der Waals surface area contributed by atoms with Crippen LogP contribution in [-0.4, -0.2) is 24.9 Å². The van der Waals surface area contributed by atoms with E-state index in [0.717, 1.165) is 0 Å². The molecule has 0 bridgehead atoms. The summed E-state index contributed by atoms with van der Waals surface area (Å²) in [6.07, 6.45) is 0.521. The molecule has 0 saturated carbocycles. The molecular weight excluding hydrogens is 156 g/mol. The zero-order valence-corrected chi connectivity index (χ0v) is 7.81. The lowest BCUT2D eigenvalue weighted by Crippen LogP contribution is -2.31. The maximum absolute atomic E-state index is 11.0. The molecule has 0 saturated heterocycles. The van der Waals surface area contributed by atoms with Crippen molar-refractivity contribution in [3.8, 4) is 0 Å². The van der Waals surface area contributed by atoms with Crippen molar-refractivity contribution < 1.29 is 9.59 Å². The summed E-state index contributed by atoms with van der Waals surface area (Å²) in [5, 5.41) is 5.16. The van der Waals surface area contributed by atoms with Gasteiger partial charge < -0.3 is 10.6 Å². The Morgan fingerprint density at radius 2 is 1.67 bits per heavy atom. The second-order valence-electron chi connectivity index (χ2n) is 2.90. The number of hydrogen-bond acceptors (Lipinski definition) is 2. The Hall–Kier alpha value is -1.06. The lowest BCUT2D eigenvalue weighted by atomic mass is 10.2. The van der Waals surface area contributed by atoms with Crippen LogP contribution in [0.25, 0.3) is 0 Å². The van der Waals surface area contributed by atoms with Crippen molar-refractivity contribution in [1.82, 2.24) is 10.6 Å². The number of carbonyl (C=O) groups excluding carboxylic acids is 2. The fourth-order valence-electron chi connectivity index (χ4n) is 0.746. The highest BCUT2D eigenvalue weighted by atomic mass is 16.2. The van der Waals surface area contributed by atoms with E-state index in [1.165, 1.54) is 0 Å². The highest BCUT2D eigenvalue weighted by Crippen LogP contribution is 1.89. The molecule has 0 aliphatic heterocycles. The predicted octanol–water partition coefficient (Wildman–Crippen LogP) is 0.0372. The molecule has 0 aromatic heterocycles. The zero-order valence-electron chi connectivity index (χ0n) is 7.81. The van der Waals surface area contributed by atoms with Gasteiger partial charge in [0.1, 0.15) is 0 Å². The number of nitrogens with one attached hydrogen (secondary N) is 2. The monoisotopic (exact) mass is 172 g/mol. The molecular formula is C8H16N2O2. The van der Waals surface area contributed by atoms with Crippen LogP contribution >= 0.6 is 0 Å². The largest absolute Gasteiger partial charge is 0.359 e. The van der Waals surface area contributed by atoms with E-state index in [1.807, 2.05) is 13.8 Å². The van der Waals surface area contributed by atoms with Gasteiger partial charge in [0.05, 0.1) is 0 Å². The Kier molecular flexibility index (Phi) is 5.08.